The Hall–Kier alpha value is -1.53. The van der Waals surface area contributed by atoms with Gasteiger partial charge in [-0.3, -0.25) is 0 Å². The normalized spacial score (nSPS) is 12.8. The minimum atomic E-state index is -0.193. The van der Waals surface area contributed by atoms with Crippen molar-refractivity contribution >= 4 is 0 Å². The number of nitrogens with one attached hydrogen (secondary N) is 1. The van der Waals surface area contributed by atoms with Crippen molar-refractivity contribution < 1.29 is 4.74 Å². The highest BCUT2D eigenvalue weighted by molar-refractivity contribution is 5.28. The molecule has 0 radical (unpaired) electrons. The van der Waals surface area contributed by atoms with Gasteiger partial charge in [-0.2, -0.15) is 5.26 Å². The van der Waals surface area contributed by atoms with E-state index in [1.54, 1.807) is 7.11 Å². The van der Waals surface area contributed by atoms with Crippen molar-refractivity contribution in [3.63, 3.8) is 0 Å². The van der Waals surface area contributed by atoms with Gasteiger partial charge in [-0.1, -0.05) is 18.6 Å². The number of methoxy groups -OCH3 is 1. The third-order valence-electron chi connectivity index (χ3n) is 3.60. The molecule has 0 aromatic heterocycles. The SMILES string of the molecule is COc1ccc([C@@H](C)NCCCCC(C)(C)C#N)cc1. The van der Waals surface area contributed by atoms with Crippen LogP contribution in [-0.2, 0) is 0 Å². The zero-order chi connectivity index (χ0) is 15.0. The van der Waals surface area contributed by atoms with Gasteiger partial charge in [0.15, 0.2) is 0 Å². The summed E-state index contributed by atoms with van der Waals surface area (Å²) in [7, 11) is 1.68. The molecule has 0 heterocycles. The van der Waals surface area contributed by atoms with E-state index in [1.165, 1.54) is 5.56 Å². The van der Waals surface area contributed by atoms with E-state index in [-0.39, 0.29) is 5.41 Å². The van der Waals surface area contributed by atoms with Crippen LogP contribution in [0.2, 0.25) is 0 Å². The smallest absolute Gasteiger partial charge is 0.118 e. The molecular weight excluding hydrogens is 248 g/mol. The number of rotatable bonds is 8. The Morgan fingerprint density at radius 1 is 1.25 bits per heavy atom. The van der Waals surface area contributed by atoms with Gasteiger partial charge in [0, 0.05) is 6.04 Å². The highest BCUT2D eigenvalue weighted by Crippen LogP contribution is 2.21. The van der Waals surface area contributed by atoms with E-state index >= 15 is 0 Å². The standard InChI is InChI=1S/C17H26N2O/c1-14(15-7-9-16(20-4)10-8-15)19-12-6-5-11-17(2,3)13-18/h7-10,14,19H,5-6,11-12H2,1-4H3/t14-/m1/s1. The van der Waals surface area contributed by atoms with Crippen LogP contribution in [-0.4, -0.2) is 13.7 Å². The second-order valence-corrected chi connectivity index (χ2v) is 5.90. The maximum Gasteiger partial charge on any atom is 0.118 e. The second-order valence-electron chi connectivity index (χ2n) is 5.90. The quantitative estimate of drug-likeness (QED) is 0.727. The molecular formula is C17H26N2O. The number of benzene rings is 1. The van der Waals surface area contributed by atoms with Crippen molar-refractivity contribution in [2.24, 2.45) is 5.41 Å². The van der Waals surface area contributed by atoms with Crippen LogP contribution in [0.3, 0.4) is 0 Å². The van der Waals surface area contributed by atoms with Crippen LogP contribution in [0.25, 0.3) is 0 Å². The first-order valence-electron chi connectivity index (χ1n) is 7.27. The van der Waals surface area contributed by atoms with Crippen LogP contribution < -0.4 is 10.1 Å². The lowest BCUT2D eigenvalue weighted by Gasteiger charge is -2.17. The largest absolute Gasteiger partial charge is 0.497 e. The van der Waals surface area contributed by atoms with Gasteiger partial charge in [0.1, 0.15) is 5.75 Å². The van der Waals surface area contributed by atoms with Crippen molar-refractivity contribution in [2.75, 3.05) is 13.7 Å². The van der Waals surface area contributed by atoms with Crippen molar-refractivity contribution in [2.45, 2.75) is 46.1 Å². The fourth-order valence-corrected chi connectivity index (χ4v) is 2.08. The summed E-state index contributed by atoms with van der Waals surface area (Å²) in [5.74, 6) is 0.889. The van der Waals surface area contributed by atoms with E-state index in [4.69, 9.17) is 10.00 Å². The van der Waals surface area contributed by atoms with Crippen LogP contribution in [0.1, 0.15) is 51.6 Å². The molecule has 1 aromatic carbocycles. The Morgan fingerprint density at radius 2 is 1.90 bits per heavy atom. The molecule has 20 heavy (non-hydrogen) atoms. The lowest BCUT2D eigenvalue weighted by atomic mass is 9.89. The van der Waals surface area contributed by atoms with Crippen molar-refractivity contribution in [1.29, 1.82) is 5.26 Å². The summed E-state index contributed by atoms with van der Waals surface area (Å²) in [6, 6.07) is 10.8. The first-order valence-corrected chi connectivity index (χ1v) is 7.27. The lowest BCUT2D eigenvalue weighted by Crippen LogP contribution is -2.20. The zero-order valence-electron chi connectivity index (χ0n) is 13.1. The van der Waals surface area contributed by atoms with Crippen molar-refractivity contribution in [1.82, 2.24) is 5.32 Å². The predicted octanol–water partition coefficient (Wildman–Crippen LogP) is 4.07. The molecule has 1 atom stereocenters. The molecule has 1 N–H and O–H groups in total. The van der Waals surface area contributed by atoms with Gasteiger partial charge in [0.2, 0.25) is 0 Å². The molecule has 0 aliphatic heterocycles. The van der Waals surface area contributed by atoms with E-state index in [9.17, 15) is 0 Å². The minimum absolute atomic E-state index is 0.193. The fraction of sp³-hybridized carbons (Fsp3) is 0.588. The monoisotopic (exact) mass is 274 g/mol. The third kappa shape index (κ3) is 5.63. The first-order chi connectivity index (χ1) is 9.48. The summed E-state index contributed by atoms with van der Waals surface area (Å²) >= 11 is 0. The van der Waals surface area contributed by atoms with Gasteiger partial charge in [-0.05, 0) is 57.9 Å². The van der Waals surface area contributed by atoms with Crippen LogP contribution in [0.5, 0.6) is 5.75 Å². The lowest BCUT2D eigenvalue weighted by molar-refractivity contribution is 0.413. The summed E-state index contributed by atoms with van der Waals surface area (Å²) in [6.07, 6.45) is 3.15. The number of hydrogen-bond donors (Lipinski definition) is 1. The molecule has 0 saturated heterocycles. The molecule has 0 bridgehead atoms. The molecule has 0 amide bonds. The van der Waals surface area contributed by atoms with Crippen LogP contribution in [0.4, 0.5) is 0 Å². The van der Waals surface area contributed by atoms with Gasteiger partial charge in [-0.15, -0.1) is 0 Å². The van der Waals surface area contributed by atoms with Gasteiger partial charge < -0.3 is 10.1 Å². The van der Waals surface area contributed by atoms with E-state index in [2.05, 4.69) is 30.4 Å². The average molecular weight is 274 g/mol. The van der Waals surface area contributed by atoms with E-state index in [0.29, 0.717) is 6.04 Å². The van der Waals surface area contributed by atoms with Gasteiger partial charge >= 0.3 is 0 Å². The Kier molecular flexibility index (Phi) is 6.54. The molecule has 3 nitrogen and oxygen atoms in total. The van der Waals surface area contributed by atoms with Crippen LogP contribution >= 0.6 is 0 Å². The number of ether oxygens (including phenoxy) is 1. The van der Waals surface area contributed by atoms with Crippen molar-refractivity contribution in [3.8, 4) is 11.8 Å². The highest BCUT2D eigenvalue weighted by atomic mass is 16.5. The molecule has 1 rings (SSSR count). The Balaban J connectivity index is 2.26. The van der Waals surface area contributed by atoms with Gasteiger partial charge in [-0.25, -0.2) is 0 Å². The number of nitriles is 1. The summed E-state index contributed by atoms with van der Waals surface area (Å²) in [4.78, 5) is 0. The summed E-state index contributed by atoms with van der Waals surface area (Å²) in [5, 5.41) is 12.5. The maximum absolute atomic E-state index is 8.95. The topological polar surface area (TPSA) is 45.0 Å². The first kappa shape index (κ1) is 16.5. The number of hydrogen-bond acceptors (Lipinski definition) is 3. The highest BCUT2D eigenvalue weighted by Gasteiger charge is 2.15. The fourth-order valence-electron chi connectivity index (χ4n) is 2.08. The summed E-state index contributed by atoms with van der Waals surface area (Å²) in [6.45, 7) is 7.15. The molecule has 1 aromatic rings. The molecule has 110 valence electrons. The zero-order valence-corrected chi connectivity index (χ0v) is 13.1. The summed E-state index contributed by atoms with van der Waals surface area (Å²) < 4.78 is 5.16. The maximum atomic E-state index is 8.95. The van der Waals surface area contributed by atoms with Crippen LogP contribution in [0, 0.1) is 16.7 Å². The minimum Gasteiger partial charge on any atom is -0.497 e. The molecule has 0 fully saturated rings. The average Bonchev–Trinajstić information content (AvgIpc) is 2.46. The number of unbranched alkanes of at least 4 members (excludes halogenated alkanes) is 1. The Labute approximate surface area is 123 Å². The molecule has 0 spiro atoms. The Morgan fingerprint density at radius 3 is 2.45 bits per heavy atom. The summed E-state index contributed by atoms with van der Waals surface area (Å²) in [5.41, 5.74) is 1.07. The van der Waals surface area contributed by atoms with Crippen molar-refractivity contribution in [3.05, 3.63) is 29.8 Å². The number of nitrogens with zero attached hydrogens (tertiary/aromatic N) is 1. The van der Waals surface area contributed by atoms with Crippen LogP contribution in [0.15, 0.2) is 24.3 Å². The predicted molar refractivity (Wildman–Crippen MR) is 82.7 cm³/mol. The molecule has 3 heteroatoms. The Bertz CT molecular complexity index is 431. The molecule has 0 unspecified atom stereocenters. The van der Waals surface area contributed by atoms with Gasteiger partial charge in [0.25, 0.3) is 0 Å². The van der Waals surface area contributed by atoms with E-state index in [1.807, 2.05) is 26.0 Å². The third-order valence-corrected chi connectivity index (χ3v) is 3.60. The molecule has 0 aliphatic rings. The molecule has 0 aliphatic carbocycles. The second kappa shape index (κ2) is 7.91. The van der Waals surface area contributed by atoms with E-state index in [0.717, 1.165) is 31.6 Å². The van der Waals surface area contributed by atoms with Gasteiger partial charge in [0.05, 0.1) is 18.6 Å². The molecule has 0 saturated carbocycles. The van der Waals surface area contributed by atoms with E-state index < -0.39 is 0 Å².